The minimum atomic E-state index is 1.29. The Balaban J connectivity index is 3.04. The van der Waals surface area contributed by atoms with Gasteiger partial charge >= 0.3 is 0 Å². The van der Waals surface area contributed by atoms with Crippen molar-refractivity contribution in [3.05, 3.63) is 18.1 Å². The van der Waals surface area contributed by atoms with Crippen LogP contribution in [-0.2, 0) is 0 Å². The second-order valence-electron chi connectivity index (χ2n) is 5.48. The van der Waals surface area contributed by atoms with Crippen molar-refractivity contribution >= 4 is 0 Å². The van der Waals surface area contributed by atoms with E-state index in [1.165, 1.54) is 70.6 Å². The fraction of sp³-hybridized carbons (Fsp3) is 0.824. The molecule has 0 rings (SSSR count). The topological polar surface area (TPSA) is 0 Å². The van der Waals surface area contributed by atoms with E-state index >= 15 is 0 Å². The molecule has 0 heterocycles. The second kappa shape index (κ2) is 13.8. The maximum absolute atomic E-state index is 2.39. The van der Waals surface area contributed by atoms with E-state index in [2.05, 4.69) is 32.9 Å². The normalized spacial score (nSPS) is 11.8. The zero-order valence-electron chi connectivity index (χ0n) is 12.4. The van der Waals surface area contributed by atoms with E-state index in [9.17, 15) is 0 Å². The van der Waals surface area contributed by atoms with Gasteiger partial charge in [-0.3, -0.25) is 0 Å². The van der Waals surface area contributed by atoms with Crippen LogP contribution < -0.4 is 0 Å². The van der Waals surface area contributed by atoms with Crippen LogP contribution in [0.4, 0.5) is 0 Å². The molecule has 0 aliphatic rings. The highest BCUT2D eigenvalue weighted by Crippen LogP contribution is 2.12. The molecule has 0 saturated carbocycles. The number of hydrogen-bond donors (Lipinski definition) is 0. The number of hydrogen-bond acceptors (Lipinski definition) is 0. The molecule has 0 bridgehead atoms. The second-order valence-corrected chi connectivity index (χ2v) is 5.48. The Labute approximate surface area is 110 Å². The molecule has 0 aromatic heterocycles. The van der Waals surface area contributed by atoms with Crippen LogP contribution in [0, 0.1) is 5.92 Å². The Morgan fingerprint density at radius 1 is 0.706 bits per heavy atom. The van der Waals surface area contributed by atoms with Gasteiger partial charge in [-0.1, -0.05) is 71.4 Å². The number of rotatable bonds is 12. The van der Waals surface area contributed by atoms with Gasteiger partial charge in [-0.25, -0.2) is 0 Å². The predicted octanol–water partition coefficient (Wildman–Crippen LogP) is 6.47. The van der Waals surface area contributed by atoms with Crippen LogP contribution in [0.2, 0.25) is 0 Å². The SMILES string of the molecule is CCCCCCC=CCCCCCC[C](C)C. The highest BCUT2D eigenvalue weighted by Gasteiger charge is 1.94. The van der Waals surface area contributed by atoms with Crippen molar-refractivity contribution in [2.45, 2.75) is 91.4 Å². The molecule has 1 radical (unpaired) electrons. The summed E-state index contributed by atoms with van der Waals surface area (Å²) >= 11 is 0. The molecule has 17 heavy (non-hydrogen) atoms. The standard InChI is InChI=1S/C17H33/c1-4-5-6-7-8-9-10-11-12-13-14-15-16-17(2)3/h9-10H,4-8,11-16H2,1-3H3. The zero-order valence-corrected chi connectivity index (χ0v) is 12.4. The van der Waals surface area contributed by atoms with Crippen LogP contribution in [0.3, 0.4) is 0 Å². The fourth-order valence-corrected chi connectivity index (χ4v) is 2.02. The van der Waals surface area contributed by atoms with Crippen molar-refractivity contribution in [1.82, 2.24) is 0 Å². The summed E-state index contributed by atoms with van der Waals surface area (Å²) in [6.07, 6.45) is 19.8. The Bertz CT molecular complexity index is 155. The van der Waals surface area contributed by atoms with Gasteiger partial charge in [-0.05, 0) is 38.0 Å². The summed E-state index contributed by atoms with van der Waals surface area (Å²) in [6, 6.07) is 0. The molecule has 0 nitrogen and oxygen atoms in total. The van der Waals surface area contributed by atoms with E-state index in [1.807, 2.05) is 0 Å². The Morgan fingerprint density at radius 2 is 1.24 bits per heavy atom. The lowest BCUT2D eigenvalue weighted by molar-refractivity contribution is 0.623. The van der Waals surface area contributed by atoms with Gasteiger partial charge in [0.15, 0.2) is 0 Å². The summed E-state index contributed by atoms with van der Waals surface area (Å²) in [6.45, 7) is 6.75. The van der Waals surface area contributed by atoms with Crippen LogP contribution in [0.25, 0.3) is 0 Å². The molecule has 0 spiro atoms. The van der Waals surface area contributed by atoms with Gasteiger partial charge in [-0.15, -0.1) is 0 Å². The quantitative estimate of drug-likeness (QED) is 0.269. The first-order valence-corrected chi connectivity index (χ1v) is 7.71. The van der Waals surface area contributed by atoms with Crippen molar-refractivity contribution in [2.75, 3.05) is 0 Å². The minimum Gasteiger partial charge on any atom is -0.0885 e. The minimum absolute atomic E-state index is 1.29. The highest BCUT2D eigenvalue weighted by atomic mass is 14.0. The highest BCUT2D eigenvalue weighted by molar-refractivity contribution is 4.81. The van der Waals surface area contributed by atoms with Crippen molar-refractivity contribution in [3.8, 4) is 0 Å². The third-order valence-corrected chi connectivity index (χ3v) is 3.19. The van der Waals surface area contributed by atoms with E-state index < -0.39 is 0 Å². The molecular weight excluding hydrogens is 204 g/mol. The first-order chi connectivity index (χ1) is 8.27. The van der Waals surface area contributed by atoms with Gasteiger partial charge in [-0.2, -0.15) is 0 Å². The molecule has 0 aromatic carbocycles. The summed E-state index contributed by atoms with van der Waals surface area (Å²) in [4.78, 5) is 0. The van der Waals surface area contributed by atoms with Crippen LogP contribution >= 0.6 is 0 Å². The van der Waals surface area contributed by atoms with Crippen LogP contribution in [0.5, 0.6) is 0 Å². The van der Waals surface area contributed by atoms with Crippen molar-refractivity contribution in [1.29, 1.82) is 0 Å². The van der Waals surface area contributed by atoms with E-state index in [1.54, 1.807) is 5.92 Å². The summed E-state index contributed by atoms with van der Waals surface area (Å²) in [5.74, 6) is 1.58. The van der Waals surface area contributed by atoms with Gasteiger partial charge in [0.25, 0.3) is 0 Å². The van der Waals surface area contributed by atoms with Crippen LogP contribution in [0.15, 0.2) is 12.2 Å². The summed E-state index contributed by atoms with van der Waals surface area (Å²) in [5.41, 5.74) is 0. The third-order valence-electron chi connectivity index (χ3n) is 3.19. The van der Waals surface area contributed by atoms with Gasteiger partial charge in [0, 0.05) is 0 Å². The molecule has 0 aliphatic carbocycles. The summed E-state index contributed by atoms with van der Waals surface area (Å²) in [7, 11) is 0. The van der Waals surface area contributed by atoms with Gasteiger partial charge in [0.2, 0.25) is 0 Å². The molecule has 0 heteroatoms. The molecule has 0 amide bonds. The average Bonchev–Trinajstić information content (AvgIpc) is 2.30. The smallest absolute Gasteiger partial charge is 0.0303 e. The molecule has 0 aliphatic heterocycles. The van der Waals surface area contributed by atoms with Crippen LogP contribution in [0.1, 0.15) is 91.4 Å². The lowest BCUT2D eigenvalue weighted by atomic mass is 10.0. The average molecular weight is 237 g/mol. The predicted molar refractivity (Wildman–Crippen MR) is 80.2 cm³/mol. The molecule has 101 valence electrons. The molecule has 0 unspecified atom stereocenters. The largest absolute Gasteiger partial charge is 0.0885 e. The monoisotopic (exact) mass is 237 g/mol. The maximum atomic E-state index is 2.39. The molecule has 0 saturated heterocycles. The fourth-order valence-electron chi connectivity index (χ4n) is 2.02. The Kier molecular flexibility index (Phi) is 13.6. The van der Waals surface area contributed by atoms with E-state index in [0.29, 0.717) is 0 Å². The summed E-state index contributed by atoms with van der Waals surface area (Å²) in [5, 5.41) is 0. The van der Waals surface area contributed by atoms with E-state index in [0.717, 1.165) is 0 Å². The van der Waals surface area contributed by atoms with Crippen LogP contribution in [-0.4, -0.2) is 0 Å². The van der Waals surface area contributed by atoms with Crippen molar-refractivity contribution < 1.29 is 0 Å². The van der Waals surface area contributed by atoms with E-state index in [-0.39, 0.29) is 0 Å². The number of allylic oxidation sites excluding steroid dienone is 2. The third kappa shape index (κ3) is 15.7. The zero-order chi connectivity index (χ0) is 12.8. The first-order valence-electron chi connectivity index (χ1n) is 7.71. The van der Waals surface area contributed by atoms with Crippen molar-refractivity contribution in [2.24, 2.45) is 0 Å². The molecule has 0 atom stereocenters. The lowest BCUT2D eigenvalue weighted by Gasteiger charge is -2.02. The molecule has 0 N–H and O–H groups in total. The number of unbranched alkanes of at least 4 members (excludes halogenated alkanes) is 8. The molecule has 0 fully saturated rings. The Hall–Kier alpha value is -0.260. The molecule has 0 aromatic rings. The van der Waals surface area contributed by atoms with Crippen molar-refractivity contribution in [3.63, 3.8) is 0 Å². The maximum Gasteiger partial charge on any atom is -0.0303 e. The lowest BCUT2D eigenvalue weighted by Crippen LogP contribution is -1.84. The first kappa shape index (κ1) is 16.7. The van der Waals surface area contributed by atoms with Gasteiger partial charge in [0.1, 0.15) is 0 Å². The molecular formula is C17H33. The van der Waals surface area contributed by atoms with E-state index in [4.69, 9.17) is 0 Å². The van der Waals surface area contributed by atoms with Gasteiger partial charge < -0.3 is 0 Å². The Morgan fingerprint density at radius 3 is 1.76 bits per heavy atom. The van der Waals surface area contributed by atoms with Gasteiger partial charge in [0.05, 0.1) is 0 Å². The summed E-state index contributed by atoms with van der Waals surface area (Å²) < 4.78 is 0.